The highest BCUT2D eigenvalue weighted by molar-refractivity contribution is 5.05. The lowest BCUT2D eigenvalue weighted by Crippen LogP contribution is -2.13. The van der Waals surface area contributed by atoms with Gasteiger partial charge in [-0.15, -0.1) is 0 Å². The van der Waals surface area contributed by atoms with Crippen molar-refractivity contribution in [1.82, 2.24) is 0 Å². The van der Waals surface area contributed by atoms with Crippen molar-refractivity contribution in [3.63, 3.8) is 0 Å². The summed E-state index contributed by atoms with van der Waals surface area (Å²) in [5, 5.41) is 0. The van der Waals surface area contributed by atoms with Crippen molar-refractivity contribution in [2.45, 2.75) is 32.5 Å². The molecule has 2 rings (SSSR count). The number of hydrogen-bond acceptors (Lipinski definition) is 2. The first kappa shape index (κ1) is 7.56. The molecule has 0 aromatic heterocycles. The molecule has 0 N–H and O–H groups in total. The van der Waals surface area contributed by atoms with E-state index in [2.05, 4.69) is 13.8 Å². The molecule has 2 nitrogen and oxygen atoms in total. The van der Waals surface area contributed by atoms with Crippen LogP contribution >= 0.6 is 0 Å². The maximum Gasteiger partial charge on any atom is 0.174 e. The average Bonchev–Trinajstić information content (AvgIpc) is 2.50. The van der Waals surface area contributed by atoms with Gasteiger partial charge >= 0.3 is 0 Å². The van der Waals surface area contributed by atoms with Crippen molar-refractivity contribution in [2.24, 2.45) is 11.8 Å². The lowest BCUT2D eigenvalue weighted by Gasteiger charge is -2.07. The zero-order valence-corrected chi connectivity index (χ0v) is 7.30. The summed E-state index contributed by atoms with van der Waals surface area (Å²) in [5.74, 6) is 1.18. The van der Waals surface area contributed by atoms with Crippen LogP contribution in [0.15, 0.2) is 0 Å². The monoisotopic (exact) mass is 156 g/mol. The summed E-state index contributed by atoms with van der Waals surface area (Å²) in [7, 11) is 0. The van der Waals surface area contributed by atoms with Crippen LogP contribution in [0.1, 0.15) is 26.7 Å². The third-order valence-electron chi connectivity index (χ3n) is 2.98. The molecule has 0 amide bonds. The van der Waals surface area contributed by atoms with Gasteiger partial charge in [-0.3, -0.25) is 0 Å². The number of rotatable bonds is 2. The smallest absolute Gasteiger partial charge is 0.174 e. The third-order valence-corrected chi connectivity index (χ3v) is 2.98. The molecular formula is C9H16O2. The zero-order valence-electron chi connectivity index (χ0n) is 7.30. The second-order valence-corrected chi connectivity index (χ2v) is 3.60. The van der Waals surface area contributed by atoms with Crippen molar-refractivity contribution in [2.75, 3.05) is 13.2 Å². The van der Waals surface area contributed by atoms with Gasteiger partial charge in [0.1, 0.15) is 0 Å². The highest BCUT2D eigenvalue weighted by Gasteiger charge is 2.66. The summed E-state index contributed by atoms with van der Waals surface area (Å²) in [6, 6.07) is 0. The SMILES string of the molecule is CCCC1C(C)C12OCCO2. The molecular weight excluding hydrogens is 140 g/mol. The van der Waals surface area contributed by atoms with Crippen LogP contribution in [-0.2, 0) is 9.47 Å². The van der Waals surface area contributed by atoms with E-state index in [1.807, 2.05) is 0 Å². The van der Waals surface area contributed by atoms with Gasteiger partial charge in [0.25, 0.3) is 0 Å². The van der Waals surface area contributed by atoms with Crippen molar-refractivity contribution >= 4 is 0 Å². The highest BCUT2D eigenvalue weighted by Crippen LogP contribution is 2.57. The predicted octanol–water partition coefficient (Wildman–Crippen LogP) is 1.80. The quantitative estimate of drug-likeness (QED) is 0.607. The molecule has 2 atom stereocenters. The fourth-order valence-electron chi connectivity index (χ4n) is 2.27. The molecule has 2 heteroatoms. The molecule has 11 heavy (non-hydrogen) atoms. The molecule has 1 aliphatic carbocycles. The first-order valence-corrected chi connectivity index (χ1v) is 4.59. The molecule has 64 valence electrons. The van der Waals surface area contributed by atoms with Crippen LogP contribution in [0.3, 0.4) is 0 Å². The summed E-state index contributed by atoms with van der Waals surface area (Å²) in [6.45, 7) is 6.04. The fourth-order valence-corrected chi connectivity index (χ4v) is 2.27. The maximum atomic E-state index is 5.61. The first-order chi connectivity index (χ1) is 5.31. The van der Waals surface area contributed by atoms with Gasteiger partial charge in [-0.2, -0.15) is 0 Å². The second-order valence-electron chi connectivity index (χ2n) is 3.60. The van der Waals surface area contributed by atoms with Crippen LogP contribution in [0.5, 0.6) is 0 Å². The Kier molecular flexibility index (Phi) is 1.69. The molecule has 1 aliphatic heterocycles. The standard InChI is InChI=1S/C9H16O2/c1-3-4-8-7(2)9(8)10-5-6-11-9/h7-8H,3-6H2,1-2H3. The number of hydrogen-bond donors (Lipinski definition) is 0. The molecule has 1 saturated carbocycles. The van der Waals surface area contributed by atoms with Gasteiger partial charge in [-0.1, -0.05) is 20.3 Å². The van der Waals surface area contributed by atoms with E-state index in [-0.39, 0.29) is 5.79 Å². The Balaban J connectivity index is 1.96. The minimum absolute atomic E-state index is 0.129. The first-order valence-electron chi connectivity index (χ1n) is 4.59. The summed E-state index contributed by atoms with van der Waals surface area (Å²) in [4.78, 5) is 0. The second kappa shape index (κ2) is 2.46. The van der Waals surface area contributed by atoms with E-state index in [0.29, 0.717) is 11.8 Å². The van der Waals surface area contributed by atoms with Crippen LogP contribution in [0.4, 0.5) is 0 Å². The van der Waals surface area contributed by atoms with Crippen LogP contribution in [0.2, 0.25) is 0 Å². The average molecular weight is 156 g/mol. The van der Waals surface area contributed by atoms with E-state index in [0.717, 1.165) is 13.2 Å². The van der Waals surface area contributed by atoms with Gasteiger partial charge < -0.3 is 9.47 Å². The minimum Gasteiger partial charge on any atom is -0.347 e. The Bertz CT molecular complexity index is 150. The van der Waals surface area contributed by atoms with Gasteiger partial charge in [0.2, 0.25) is 0 Å². The maximum absolute atomic E-state index is 5.61. The summed E-state index contributed by atoms with van der Waals surface area (Å²) in [6.07, 6.45) is 2.49. The Labute approximate surface area is 67.9 Å². The summed E-state index contributed by atoms with van der Waals surface area (Å²) in [5.41, 5.74) is 0. The molecule has 2 aliphatic rings. The van der Waals surface area contributed by atoms with E-state index in [1.165, 1.54) is 12.8 Å². The summed E-state index contributed by atoms with van der Waals surface area (Å²) < 4.78 is 11.2. The van der Waals surface area contributed by atoms with Crippen LogP contribution in [-0.4, -0.2) is 19.0 Å². The molecule has 2 fully saturated rings. The van der Waals surface area contributed by atoms with Gasteiger partial charge in [-0.25, -0.2) is 0 Å². The number of ether oxygens (including phenoxy) is 2. The Hall–Kier alpha value is -0.0800. The Morgan fingerprint density at radius 3 is 2.55 bits per heavy atom. The van der Waals surface area contributed by atoms with E-state index in [1.54, 1.807) is 0 Å². The van der Waals surface area contributed by atoms with E-state index >= 15 is 0 Å². The highest BCUT2D eigenvalue weighted by atomic mass is 16.7. The van der Waals surface area contributed by atoms with Gasteiger partial charge in [0, 0.05) is 11.8 Å². The van der Waals surface area contributed by atoms with Crippen molar-refractivity contribution < 1.29 is 9.47 Å². The van der Waals surface area contributed by atoms with E-state index < -0.39 is 0 Å². The molecule has 1 saturated heterocycles. The Morgan fingerprint density at radius 2 is 2.00 bits per heavy atom. The Morgan fingerprint density at radius 1 is 1.36 bits per heavy atom. The normalized spacial score (nSPS) is 39.8. The molecule has 1 spiro atoms. The zero-order chi connectivity index (χ0) is 7.90. The molecule has 0 aromatic carbocycles. The summed E-state index contributed by atoms with van der Waals surface area (Å²) >= 11 is 0. The molecule has 0 aromatic rings. The van der Waals surface area contributed by atoms with E-state index in [4.69, 9.17) is 9.47 Å². The third kappa shape index (κ3) is 0.926. The lowest BCUT2D eigenvalue weighted by molar-refractivity contribution is -0.0920. The van der Waals surface area contributed by atoms with Crippen molar-refractivity contribution in [1.29, 1.82) is 0 Å². The van der Waals surface area contributed by atoms with Crippen LogP contribution < -0.4 is 0 Å². The van der Waals surface area contributed by atoms with Crippen molar-refractivity contribution in [3.05, 3.63) is 0 Å². The largest absolute Gasteiger partial charge is 0.347 e. The van der Waals surface area contributed by atoms with Crippen LogP contribution in [0, 0.1) is 11.8 Å². The van der Waals surface area contributed by atoms with Gasteiger partial charge in [0.15, 0.2) is 5.79 Å². The molecule has 2 unspecified atom stereocenters. The fraction of sp³-hybridized carbons (Fsp3) is 1.00. The minimum atomic E-state index is -0.129. The molecule has 1 heterocycles. The van der Waals surface area contributed by atoms with E-state index in [9.17, 15) is 0 Å². The predicted molar refractivity (Wildman–Crippen MR) is 42.2 cm³/mol. The van der Waals surface area contributed by atoms with Crippen molar-refractivity contribution in [3.8, 4) is 0 Å². The van der Waals surface area contributed by atoms with Gasteiger partial charge in [-0.05, 0) is 6.42 Å². The molecule has 0 radical (unpaired) electrons. The molecule has 0 bridgehead atoms. The topological polar surface area (TPSA) is 18.5 Å². The van der Waals surface area contributed by atoms with Crippen LogP contribution in [0.25, 0.3) is 0 Å². The van der Waals surface area contributed by atoms with Gasteiger partial charge in [0.05, 0.1) is 13.2 Å². The lowest BCUT2D eigenvalue weighted by atomic mass is 10.2.